The van der Waals surface area contributed by atoms with Crippen LogP contribution < -0.4 is 5.73 Å². The summed E-state index contributed by atoms with van der Waals surface area (Å²) in [6.07, 6.45) is 0. The Kier molecular flexibility index (Phi) is 2.33. The van der Waals surface area contributed by atoms with Gasteiger partial charge in [-0.15, -0.1) is 0 Å². The van der Waals surface area contributed by atoms with E-state index in [1.165, 1.54) is 0 Å². The summed E-state index contributed by atoms with van der Waals surface area (Å²) in [5.74, 6) is 0. The molecule has 0 atom stereocenters. The fourth-order valence-electron chi connectivity index (χ4n) is 0.923. The summed E-state index contributed by atoms with van der Waals surface area (Å²) in [6, 6.07) is 5.57. The van der Waals surface area contributed by atoms with Gasteiger partial charge in [-0.2, -0.15) is 0 Å². The van der Waals surface area contributed by atoms with Crippen molar-refractivity contribution in [3.8, 4) is 0 Å². The first-order chi connectivity index (χ1) is 5.65. The Balaban J connectivity index is 3.13. The largest absolute Gasteiger partial charge is 0.411 e. The standard InChI is InChI=1S/C9H12N2O/c1-6-3-4-8(5-9(6)10)7(2)11-12/h3-5,12H,10H2,1-2H3. The van der Waals surface area contributed by atoms with Crippen molar-refractivity contribution >= 4 is 11.4 Å². The van der Waals surface area contributed by atoms with Crippen molar-refractivity contribution in [3.05, 3.63) is 29.3 Å². The molecule has 1 aromatic rings. The van der Waals surface area contributed by atoms with Gasteiger partial charge in [-0.25, -0.2) is 0 Å². The molecular formula is C9H12N2O. The number of anilines is 1. The second kappa shape index (κ2) is 3.26. The van der Waals surface area contributed by atoms with Crippen LogP contribution in [0.25, 0.3) is 0 Å². The first-order valence-electron chi connectivity index (χ1n) is 3.70. The molecule has 3 N–H and O–H groups in total. The van der Waals surface area contributed by atoms with E-state index in [0.717, 1.165) is 16.8 Å². The molecule has 0 bridgehead atoms. The smallest absolute Gasteiger partial charge is 0.0837 e. The third kappa shape index (κ3) is 1.56. The molecule has 0 aliphatic rings. The number of hydrogen-bond donors (Lipinski definition) is 2. The van der Waals surface area contributed by atoms with Crippen LogP contribution in [0.5, 0.6) is 0 Å². The first kappa shape index (κ1) is 8.59. The summed E-state index contributed by atoms with van der Waals surface area (Å²) < 4.78 is 0. The van der Waals surface area contributed by atoms with Crippen molar-refractivity contribution in [2.45, 2.75) is 13.8 Å². The van der Waals surface area contributed by atoms with Crippen molar-refractivity contribution in [1.29, 1.82) is 0 Å². The fraction of sp³-hybridized carbons (Fsp3) is 0.222. The normalized spacial score (nSPS) is 11.7. The molecule has 0 aromatic heterocycles. The molecule has 0 heterocycles. The van der Waals surface area contributed by atoms with Crippen LogP contribution in [0.15, 0.2) is 23.4 Å². The van der Waals surface area contributed by atoms with Crippen LogP contribution in [0.2, 0.25) is 0 Å². The van der Waals surface area contributed by atoms with Crippen LogP contribution in [0.3, 0.4) is 0 Å². The van der Waals surface area contributed by atoms with Gasteiger partial charge in [0, 0.05) is 11.3 Å². The number of nitrogen functional groups attached to an aromatic ring is 1. The molecule has 0 saturated carbocycles. The van der Waals surface area contributed by atoms with Crippen LogP contribution in [0, 0.1) is 6.92 Å². The minimum Gasteiger partial charge on any atom is -0.411 e. The maximum absolute atomic E-state index is 8.50. The summed E-state index contributed by atoms with van der Waals surface area (Å²) in [5, 5.41) is 11.6. The summed E-state index contributed by atoms with van der Waals surface area (Å²) in [5.41, 5.74) is 8.85. The highest BCUT2D eigenvalue weighted by atomic mass is 16.4. The van der Waals surface area contributed by atoms with Crippen molar-refractivity contribution in [2.24, 2.45) is 5.16 Å². The summed E-state index contributed by atoms with van der Waals surface area (Å²) >= 11 is 0. The second-order valence-electron chi connectivity index (χ2n) is 2.76. The van der Waals surface area contributed by atoms with Gasteiger partial charge in [0.15, 0.2) is 0 Å². The van der Waals surface area contributed by atoms with Crippen LogP contribution in [-0.2, 0) is 0 Å². The summed E-state index contributed by atoms with van der Waals surface area (Å²) in [4.78, 5) is 0. The molecule has 0 radical (unpaired) electrons. The van der Waals surface area contributed by atoms with Crippen molar-refractivity contribution in [2.75, 3.05) is 5.73 Å². The van der Waals surface area contributed by atoms with E-state index in [2.05, 4.69) is 5.16 Å². The molecule has 0 aliphatic carbocycles. The number of nitrogens with zero attached hydrogens (tertiary/aromatic N) is 1. The Labute approximate surface area is 71.5 Å². The lowest BCUT2D eigenvalue weighted by Crippen LogP contribution is -1.97. The van der Waals surface area contributed by atoms with Crippen molar-refractivity contribution in [3.63, 3.8) is 0 Å². The predicted molar refractivity (Wildman–Crippen MR) is 49.6 cm³/mol. The van der Waals surface area contributed by atoms with E-state index in [0.29, 0.717) is 5.71 Å². The molecule has 0 unspecified atom stereocenters. The van der Waals surface area contributed by atoms with Crippen LogP contribution >= 0.6 is 0 Å². The number of oxime groups is 1. The van der Waals surface area contributed by atoms with E-state index in [-0.39, 0.29) is 0 Å². The highest BCUT2D eigenvalue weighted by molar-refractivity contribution is 5.99. The highest BCUT2D eigenvalue weighted by Gasteiger charge is 1.99. The maximum atomic E-state index is 8.50. The molecule has 0 fully saturated rings. The van der Waals surface area contributed by atoms with Gasteiger partial charge in [0.25, 0.3) is 0 Å². The lowest BCUT2D eigenvalue weighted by Gasteiger charge is -2.02. The topological polar surface area (TPSA) is 58.6 Å². The van der Waals surface area contributed by atoms with E-state index < -0.39 is 0 Å². The van der Waals surface area contributed by atoms with E-state index in [1.807, 2.05) is 19.1 Å². The zero-order valence-electron chi connectivity index (χ0n) is 7.20. The van der Waals surface area contributed by atoms with Gasteiger partial charge in [0.2, 0.25) is 0 Å². The fourth-order valence-corrected chi connectivity index (χ4v) is 0.923. The lowest BCUT2D eigenvalue weighted by molar-refractivity contribution is 0.319. The Hall–Kier alpha value is -1.51. The Morgan fingerprint density at radius 1 is 1.50 bits per heavy atom. The minimum atomic E-state index is 0.571. The maximum Gasteiger partial charge on any atom is 0.0837 e. The quantitative estimate of drug-likeness (QED) is 0.287. The minimum absolute atomic E-state index is 0.571. The van der Waals surface area contributed by atoms with Gasteiger partial charge >= 0.3 is 0 Å². The second-order valence-corrected chi connectivity index (χ2v) is 2.76. The van der Waals surface area contributed by atoms with Gasteiger partial charge in [-0.3, -0.25) is 0 Å². The van der Waals surface area contributed by atoms with E-state index in [1.54, 1.807) is 13.0 Å². The average molecular weight is 164 g/mol. The number of nitrogens with two attached hydrogens (primary N) is 1. The molecule has 1 rings (SSSR count). The molecule has 0 aliphatic heterocycles. The van der Waals surface area contributed by atoms with Gasteiger partial charge in [0.05, 0.1) is 5.71 Å². The number of aryl methyl sites for hydroxylation is 1. The summed E-state index contributed by atoms with van der Waals surface area (Å²) in [7, 11) is 0. The molecular weight excluding hydrogens is 152 g/mol. The first-order valence-corrected chi connectivity index (χ1v) is 3.70. The van der Waals surface area contributed by atoms with Gasteiger partial charge in [-0.05, 0) is 25.5 Å². The third-order valence-electron chi connectivity index (χ3n) is 1.85. The van der Waals surface area contributed by atoms with E-state index in [4.69, 9.17) is 10.9 Å². The van der Waals surface area contributed by atoms with Crippen LogP contribution in [-0.4, -0.2) is 10.9 Å². The molecule has 0 amide bonds. The number of rotatable bonds is 1. The van der Waals surface area contributed by atoms with E-state index in [9.17, 15) is 0 Å². The van der Waals surface area contributed by atoms with Gasteiger partial charge in [-0.1, -0.05) is 17.3 Å². The molecule has 0 spiro atoms. The number of hydrogen-bond acceptors (Lipinski definition) is 3. The molecule has 3 nitrogen and oxygen atoms in total. The van der Waals surface area contributed by atoms with Crippen LogP contribution in [0.1, 0.15) is 18.1 Å². The predicted octanol–water partition coefficient (Wildman–Crippen LogP) is 1.78. The Morgan fingerprint density at radius 2 is 2.17 bits per heavy atom. The third-order valence-corrected chi connectivity index (χ3v) is 1.85. The average Bonchev–Trinajstić information content (AvgIpc) is 2.08. The van der Waals surface area contributed by atoms with Crippen molar-refractivity contribution in [1.82, 2.24) is 0 Å². The SMILES string of the molecule is CC(=NO)c1ccc(C)c(N)c1. The number of benzene rings is 1. The Morgan fingerprint density at radius 3 is 2.67 bits per heavy atom. The highest BCUT2D eigenvalue weighted by Crippen LogP contribution is 2.13. The molecule has 0 saturated heterocycles. The summed E-state index contributed by atoms with van der Waals surface area (Å²) in [6.45, 7) is 3.66. The van der Waals surface area contributed by atoms with Crippen LogP contribution in [0.4, 0.5) is 5.69 Å². The monoisotopic (exact) mass is 164 g/mol. The lowest BCUT2D eigenvalue weighted by atomic mass is 10.1. The molecule has 1 aromatic carbocycles. The van der Waals surface area contributed by atoms with Gasteiger partial charge < -0.3 is 10.9 Å². The molecule has 12 heavy (non-hydrogen) atoms. The Bertz CT molecular complexity index is 318. The van der Waals surface area contributed by atoms with Gasteiger partial charge in [0.1, 0.15) is 0 Å². The zero-order valence-corrected chi connectivity index (χ0v) is 7.20. The van der Waals surface area contributed by atoms with E-state index >= 15 is 0 Å². The molecule has 64 valence electrons. The molecule has 3 heteroatoms. The van der Waals surface area contributed by atoms with Crippen molar-refractivity contribution < 1.29 is 5.21 Å². The zero-order chi connectivity index (χ0) is 9.14.